The van der Waals surface area contributed by atoms with E-state index in [1.807, 2.05) is 13.2 Å². The van der Waals surface area contributed by atoms with Gasteiger partial charge in [0.05, 0.1) is 10.5 Å². The molecule has 1 aromatic carbocycles. The van der Waals surface area contributed by atoms with Crippen LogP contribution in [-0.4, -0.2) is 37.5 Å². The van der Waals surface area contributed by atoms with Crippen LogP contribution in [0.3, 0.4) is 0 Å². The number of thioether (sulfide) groups is 1. The molecule has 1 unspecified atom stereocenters. The molecule has 118 valence electrons. The van der Waals surface area contributed by atoms with Gasteiger partial charge in [0.2, 0.25) is 10.0 Å². The summed E-state index contributed by atoms with van der Waals surface area (Å²) < 4.78 is 27.1. The second-order valence-electron chi connectivity index (χ2n) is 4.78. The number of aryl methyl sites for hydroxylation is 1. The maximum Gasteiger partial charge on any atom is 0.336 e. The number of hydrogen-bond acceptors (Lipinski definition) is 4. The Bertz CT molecular complexity index is 599. The number of benzene rings is 1. The minimum absolute atomic E-state index is 0.00639. The van der Waals surface area contributed by atoms with E-state index in [-0.39, 0.29) is 16.5 Å². The second-order valence-corrected chi connectivity index (χ2v) is 7.48. The highest BCUT2D eigenvalue weighted by Crippen LogP contribution is 2.17. The SMILES string of the molecule is CCc1ccc(S(=O)(=O)NC(C)CCSC)cc1C(=O)O. The highest BCUT2D eigenvalue weighted by molar-refractivity contribution is 7.98. The lowest BCUT2D eigenvalue weighted by molar-refractivity contribution is 0.0695. The van der Waals surface area contributed by atoms with E-state index in [1.54, 1.807) is 24.8 Å². The Hall–Kier alpha value is -1.05. The zero-order valence-corrected chi connectivity index (χ0v) is 14.1. The molecule has 0 amide bonds. The Labute approximate surface area is 130 Å². The fourth-order valence-corrected chi connectivity index (χ4v) is 3.81. The fraction of sp³-hybridized carbons (Fsp3) is 0.500. The van der Waals surface area contributed by atoms with Crippen molar-refractivity contribution in [3.05, 3.63) is 29.3 Å². The second kappa shape index (κ2) is 7.82. The predicted octanol–water partition coefficient (Wildman–Crippen LogP) is 2.37. The summed E-state index contributed by atoms with van der Waals surface area (Å²) in [6.45, 7) is 3.63. The van der Waals surface area contributed by atoms with Gasteiger partial charge >= 0.3 is 5.97 Å². The van der Waals surface area contributed by atoms with Gasteiger partial charge in [0, 0.05) is 6.04 Å². The summed E-state index contributed by atoms with van der Waals surface area (Å²) >= 11 is 1.65. The number of hydrogen-bond donors (Lipinski definition) is 2. The number of carbonyl (C=O) groups is 1. The van der Waals surface area contributed by atoms with Crippen molar-refractivity contribution in [2.75, 3.05) is 12.0 Å². The van der Waals surface area contributed by atoms with Crippen molar-refractivity contribution in [2.24, 2.45) is 0 Å². The first-order chi connectivity index (χ1) is 9.81. The van der Waals surface area contributed by atoms with Crippen LogP contribution in [0, 0.1) is 0 Å². The summed E-state index contributed by atoms with van der Waals surface area (Å²) in [7, 11) is -3.69. The minimum atomic E-state index is -3.69. The third-order valence-electron chi connectivity index (χ3n) is 3.11. The zero-order chi connectivity index (χ0) is 16.0. The molecule has 1 rings (SSSR count). The molecule has 0 aliphatic rings. The van der Waals surface area contributed by atoms with Gasteiger partial charge in [0.15, 0.2) is 0 Å². The molecule has 0 heterocycles. The molecule has 0 radical (unpaired) electrons. The summed E-state index contributed by atoms with van der Waals surface area (Å²) in [5, 5.41) is 9.17. The molecule has 0 saturated heterocycles. The Morgan fingerprint density at radius 1 is 1.43 bits per heavy atom. The summed E-state index contributed by atoms with van der Waals surface area (Å²) in [4.78, 5) is 11.2. The van der Waals surface area contributed by atoms with E-state index >= 15 is 0 Å². The van der Waals surface area contributed by atoms with Crippen molar-refractivity contribution in [3.63, 3.8) is 0 Å². The van der Waals surface area contributed by atoms with Gasteiger partial charge in [-0.25, -0.2) is 17.9 Å². The monoisotopic (exact) mass is 331 g/mol. The van der Waals surface area contributed by atoms with Crippen LogP contribution in [0.5, 0.6) is 0 Å². The molecule has 0 aromatic heterocycles. The molecule has 1 aromatic rings. The van der Waals surface area contributed by atoms with Crippen molar-refractivity contribution in [1.29, 1.82) is 0 Å². The first-order valence-corrected chi connectivity index (χ1v) is 9.57. The smallest absolute Gasteiger partial charge is 0.336 e. The van der Waals surface area contributed by atoms with Crippen molar-refractivity contribution in [2.45, 2.75) is 37.6 Å². The fourth-order valence-electron chi connectivity index (χ4n) is 1.92. The molecule has 0 saturated carbocycles. The van der Waals surface area contributed by atoms with Gasteiger partial charge in [-0.05, 0) is 49.5 Å². The first-order valence-electron chi connectivity index (χ1n) is 6.69. The van der Waals surface area contributed by atoms with Crippen molar-refractivity contribution < 1.29 is 18.3 Å². The van der Waals surface area contributed by atoms with Gasteiger partial charge < -0.3 is 5.11 Å². The number of rotatable bonds is 8. The molecule has 21 heavy (non-hydrogen) atoms. The molecular formula is C14H21NO4S2. The average Bonchev–Trinajstić information content (AvgIpc) is 2.43. The van der Waals surface area contributed by atoms with E-state index in [4.69, 9.17) is 5.11 Å². The zero-order valence-electron chi connectivity index (χ0n) is 12.4. The maximum atomic E-state index is 12.3. The van der Waals surface area contributed by atoms with E-state index < -0.39 is 16.0 Å². The normalized spacial score (nSPS) is 13.1. The van der Waals surface area contributed by atoms with Crippen LogP contribution in [0.1, 0.15) is 36.2 Å². The van der Waals surface area contributed by atoms with Gasteiger partial charge in [-0.15, -0.1) is 0 Å². The molecule has 0 aliphatic heterocycles. The Morgan fingerprint density at radius 2 is 2.10 bits per heavy atom. The number of sulfonamides is 1. The van der Waals surface area contributed by atoms with E-state index in [0.717, 1.165) is 12.2 Å². The van der Waals surface area contributed by atoms with Gasteiger partial charge in [-0.1, -0.05) is 13.0 Å². The number of carboxylic acid groups (broad SMARTS) is 1. The lowest BCUT2D eigenvalue weighted by Gasteiger charge is -2.14. The Balaban J connectivity index is 3.03. The predicted molar refractivity (Wildman–Crippen MR) is 85.6 cm³/mol. The Morgan fingerprint density at radius 3 is 2.62 bits per heavy atom. The highest BCUT2D eigenvalue weighted by atomic mass is 32.2. The quantitative estimate of drug-likeness (QED) is 0.764. The van der Waals surface area contributed by atoms with Gasteiger partial charge in [-0.3, -0.25) is 0 Å². The maximum absolute atomic E-state index is 12.3. The molecule has 5 nitrogen and oxygen atoms in total. The van der Waals surface area contributed by atoms with E-state index in [9.17, 15) is 13.2 Å². The van der Waals surface area contributed by atoms with E-state index in [2.05, 4.69) is 4.72 Å². The standard InChI is InChI=1S/C14H21NO4S2/c1-4-11-5-6-12(9-13(11)14(16)17)21(18,19)15-10(2)7-8-20-3/h5-6,9-10,15H,4,7-8H2,1-3H3,(H,16,17). The third-order valence-corrected chi connectivity index (χ3v) is 5.35. The average molecular weight is 331 g/mol. The van der Waals surface area contributed by atoms with Crippen LogP contribution in [-0.2, 0) is 16.4 Å². The number of carboxylic acids is 1. The topological polar surface area (TPSA) is 83.5 Å². The molecule has 7 heteroatoms. The van der Waals surface area contributed by atoms with Crippen LogP contribution in [0.4, 0.5) is 0 Å². The lowest BCUT2D eigenvalue weighted by Crippen LogP contribution is -2.33. The molecule has 0 aliphatic carbocycles. The molecular weight excluding hydrogens is 310 g/mol. The van der Waals surface area contributed by atoms with Gasteiger partial charge in [-0.2, -0.15) is 11.8 Å². The van der Waals surface area contributed by atoms with Crippen molar-refractivity contribution >= 4 is 27.8 Å². The van der Waals surface area contributed by atoms with Crippen molar-refractivity contribution in [1.82, 2.24) is 4.72 Å². The number of nitrogens with one attached hydrogen (secondary N) is 1. The minimum Gasteiger partial charge on any atom is -0.478 e. The molecule has 0 spiro atoms. The summed E-state index contributed by atoms with van der Waals surface area (Å²) in [6, 6.07) is 4.05. The Kier molecular flexibility index (Phi) is 6.70. The summed E-state index contributed by atoms with van der Waals surface area (Å²) in [5.41, 5.74) is 0.661. The molecule has 2 N–H and O–H groups in total. The third kappa shape index (κ3) is 5.01. The largest absolute Gasteiger partial charge is 0.478 e. The lowest BCUT2D eigenvalue weighted by atomic mass is 10.1. The summed E-state index contributed by atoms with van der Waals surface area (Å²) in [5.74, 6) is -0.252. The van der Waals surface area contributed by atoms with Crippen LogP contribution < -0.4 is 4.72 Å². The van der Waals surface area contributed by atoms with Gasteiger partial charge in [0.25, 0.3) is 0 Å². The van der Waals surface area contributed by atoms with Crippen molar-refractivity contribution in [3.8, 4) is 0 Å². The molecule has 1 atom stereocenters. The number of aromatic carboxylic acids is 1. The van der Waals surface area contributed by atoms with Crippen LogP contribution in [0.2, 0.25) is 0 Å². The van der Waals surface area contributed by atoms with Gasteiger partial charge in [0.1, 0.15) is 0 Å². The van der Waals surface area contributed by atoms with Crippen LogP contribution >= 0.6 is 11.8 Å². The highest BCUT2D eigenvalue weighted by Gasteiger charge is 2.20. The molecule has 0 fully saturated rings. The van der Waals surface area contributed by atoms with E-state index in [1.165, 1.54) is 12.1 Å². The van der Waals surface area contributed by atoms with E-state index in [0.29, 0.717) is 12.0 Å². The first kappa shape index (κ1) is 18.0. The van der Waals surface area contributed by atoms with Crippen LogP contribution in [0.25, 0.3) is 0 Å². The summed E-state index contributed by atoms with van der Waals surface area (Å²) in [6.07, 6.45) is 3.22. The molecule has 0 bridgehead atoms. The van der Waals surface area contributed by atoms with Crippen LogP contribution in [0.15, 0.2) is 23.1 Å².